The zero-order chi connectivity index (χ0) is 15.2. The van der Waals surface area contributed by atoms with Crippen LogP contribution in [0.15, 0.2) is 41.0 Å². The molecule has 0 aliphatic rings. The molecule has 0 aliphatic carbocycles. The Morgan fingerprint density at radius 1 is 1.24 bits per heavy atom. The summed E-state index contributed by atoms with van der Waals surface area (Å²) >= 11 is 3.52. The molecule has 1 heterocycles. The van der Waals surface area contributed by atoms with Crippen molar-refractivity contribution in [1.82, 2.24) is 15.1 Å². The van der Waals surface area contributed by atoms with E-state index in [4.69, 9.17) is 0 Å². The first kappa shape index (κ1) is 16.2. The lowest BCUT2D eigenvalue weighted by Crippen LogP contribution is -2.18. The van der Waals surface area contributed by atoms with Gasteiger partial charge in [0.25, 0.3) is 0 Å². The van der Waals surface area contributed by atoms with Crippen LogP contribution in [-0.4, -0.2) is 9.78 Å². The lowest BCUT2D eigenvalue weighted by atomic mass is 10.1. The monoisotopic (exact) mass is 349 g/mol. The standard InChI is InChI=1S/C17H24BrN3/c1-4-17(5-2)21-10-9-16(20-21)12-19-13(3)14-7-6-8-15(18)11-14/h6-11,13,17,19H,4-5,12H2,1-3H3/t13-/m1/s1. The Bertz CT molecular complexity index is 561. The van der Waals surface area contributed by atoms with Crippen molar-refractivity contribution in [2.24, 2.45) is 0 Å². The fourth-order valence-electron chi connectivity index (χ4n) is 2.49. The summed E-state index contributed by atoms with van der Waals surface area (Å²) in [6.07, 6.45) is 4.34. The third-order valence-electron chi connectivity index (χ3n) is 3.92. The van der Waals surface area contributed by atoms with Gasteiger partial charge in [-0.05, 0) is 43.5 Å². The average Bonchev–Trinajstić information content (AvgIpc) is 2.95. The van der Waals surface area contributed by atoms with Crippen molar-refractivity contribution < 1.29 is 0 Å². The minimum atomic E-state index is 0.306. The minimum Gasteiger partial charge on any atom is -0.304 e. The molecule has 0 amide bonds. The third kappa shape index (κ3) is 4.42. The molecule has 0 aliphatic heterocycles. The number of hydrogen-bond donors (Lipinski definition) is 1. The molecule has 0 saturated carbocycles. The molecule has 2 aromatic rings. The molecule has 4 heteroatoms. The maximum atomic E-state index is 4.68. The minimum absolute atomic E-state index is 0.306. The molecule has 1 aromatic carbocycles. The van der Waals surface area contributed by atoms with Gasteiger partial charge in [0.2, 0.25) is 0 Å². The normalized spacial score (nSPS) is 12.8. The van der Waals surface area contributed by atoms with E-state index in [0.717, 1.165) is 29.6 Å². The number of halogens is 1. The van der Waals surface area contributed by atoms with E-state index in [0.29, 0.717) is 12.1 Å². The Morgan fingerprint density at radius 2 is 2.00 bits per heavy atom. The van der Waals surface area contributed by atoms with Gasteiger partial charge in [-0.1, -0.05) is 41.9 Å². The highest BCUT2D eigenvalue weighted by molar-refractivity contribution is 9.10. The highest BCUT2D eigenvalue weighted by Gasteiger charge is 2.09. The number of nitrogens with one attached hydrogen (secondary N) is 1. The van der Waals surface area contributed by atoms with E-state index in [1.54, 1.807) is 0 Å². The first-order valence-corrected chi connectivity index (χ1v) is 8.46. The number of aromatic nitrogens is 2. The van der Waals surface area contributed by atoms with Gasteiger partial charge in [-0.2, -0.15) is 5.10 Å². The third-order valence-corrected chi connectivity index (χ3v) is 4.41. The lowest BCUT2D eigenvalue weighted by molar-refractivity contribution is 0.423. The molecule has 1 aromatic heterocycles. The molecule has 0 unspecified atom stereocenters. The van der Waals surface area contributed by atoms with Gasteiger partial charge in [-0.3, -0.25) is 4.68 Å². The van der Waals surface area contributed by atoms with E-state index in [2.05, 4.69) is 82.3 Å². The van der Waals surface area contributed by atoms with Crippen LogP contribution in [0.5, 0.6) is 0 Å². The summed E-state index contributed by atoms with van der Waals surface area (Å²) in [6.45, 7) is 7.40. The molecule has 0 radical (unpaired) electrons. The zero-order valence-corrected chi connectivity index (χ0v) is 14.6. The highest BCUT2D eigenvalue weighted by atomic mass is 79.9. The second kappa shape index (κ2) is 7.76. The summed E-state index contributed by atoms with van der Waals surface area (Å²) < 4.78 is 3.22. The van der Waals surface area contributed by atoms with E-state index in [1.807, 2.05) is 6.07 Å². The second-order valence-electron chi connectivity index (χ2n) is 5.42. The predicted octanol–water partition coefficient (Wildman–Crippen LogP) is 4.86. The van der Waals surface area contributed by atoms with Crippen molar-refractivity contribution in [2.45, 2.75) is 52.2 Å². The topological polar surface area (TPSA) is 29.9 Å². The summed E-state index contributed by atoms with van der Waals surface area (Å²) in [4.78, 5) is 0. The molecule has 0 saturated heterocycles. The summed E-state index contributed by atoms with van der Waals surface area (Å²) in [5, 5.41) is 8.21. The Kier molecular flexibility index (Phi) is 6.00. The van der Waals surface area contributed by atoms with Crippen LogP contribution in [-0.2, 0) is 6.54 Å². The maximum Gasteiger partial charge on any atom is 0.0762 e. The first-order chi connectivity index (χ1) is 10.1. The molecule has 0 spiro atoms. The van der Waals surface area contributed by atoms with Crippen molar-refractivity contribution in [2.75, 3.05) is 0 Å². The predicted molar refractivity (Wildman–Crippen MR) is 91.2 cm³/mol. The van der Waals surface area contributed by atoms with Gasteiger partial charge < -0.3 is 5.32 Å². The van der Waals surface area contributed by atoms with Crippen molar-refractivity contribution in [3.63, 3.8) is 0 Å². The van der Waals surface area contributed by atoms with E-state index in [9.17, 15) is 0 Å². The summed E-state index contributed by atoms with van der Waals surface area (Å²) in [5.74, 6) is 0. The SMILES string of the molecule is CCC(CC)n1ccc(CN[C@H](C)c2cccc(Br)c2)n1. The van der Waals surface area contributed by atoms with Crippen LogP contribution in [0.1, 0.15) is 57.0 Å². The molecule has 3 nitrogen and oxygen atoms in total. The Hall–Kier alpha value is -1.13. The van der Waals surface area contributed by atoms with E-state index in [1.165, 1.54) is 5.56 Å². The number of benzene rings is 1. The molecule has 2 rings (SSSR count). The van der Waals surface area contributed by atoms with Crippen molar-refractivity contribution in [1.29, 1.82) is 0 Å². The van der Waals surface area contributed by atoms with Gasteiger partial charge >= 0.3 is 0 Å². The van der Waals surface area contributed by atoms with E-state index >= 15 is 0 Å². The van der Waals surface area contributed by atoms with E-state index < -0.39 is 0 Å². The number of nitrogens with zero attached hydrogens (tertiary/aromatic N) is 2. The zero-order valence-electron chi connectivity index (χ0n) is 13.0. The smallest absolute Gasteiger partial charge is 0.0762 e. The van der Waals surface area contributed by atoms with Crippen LogP contribution in [0, 0.1) is 0 Å². The largest absolute Gasteiger partial charge is 0.304 e. The number of rotatable bonds is 7. The molecule has 114 valence electrons. The summed E-state index contributed by atoms with van der Waals surface area (Å²) in [7, 11) is 0. The molecule has 0 bridgehead atoms. The molecule has 1 atom stereocenters. The van der Waals surface area contributed by atoms with Crippen LogP contribution in [0.4, 0.5) is 0 Å². The van der Waals surface area contributed by atoms with Crippen LogP contribution in [0.2, 0.25) is 0 Å². The van der Waals surface area contributed by atoms with Crippen LogP contribution < -0.4 is 5.32 Å². The Balaban J connectivity index is 1.94. The molecule has 0 fully saturated rings. The van der Waals surface area contributed by atoms with Crippen LogP contribution in [0.25, 0.3) is 0 Å². The molecule has 1 N–H and O–H groups in total. The molecular weight excluding hydrogens is 326 g/mol. The van der Waals surface area contributed by atoms with Gasteiger partial charge in [0.15, 0.2) is 0 Å². The summed E-state index contributed by atoms with van der Waals surface area (Å²) in [6, 6.07) is 11.3. The highest BCUT2D eigenvalue weighted by Crippen LogP contribution is 2.18. The van der Waals surface area contributed by atoms with Gasteiger partial charge in [0.05, 0.1) is 11.7 Å². The van der Waals surface area contributed by atoms with Gasteiger partial charge in [0.1, 0.15) is 0 Å². The van der Waals surface area contributed by atoms with Gasteiger partial charge in [-0.25, -0.2) is 0 Å². The van der Waals surface area contributed by atoms with Gasteiger partial charge in [0, 0.05) is 23.3 Å². The maximum absolute atomic E-state index is 4.68. The quantitative estimate of drug-likeness (QED) is 0.773. The number of hydrogen-bond acceptors (Lipinski definition) is 2. The van der Waals surface area contributed by atoms with Crippen LogP contribution >= 0.6 is 15.9 Å². The van der Waals surface area contributed by atoms with Gasteiger partial charge in [-0.15, -0.1) is 0 Å². The molecule has 21 heavy (non-hydrogen) atoms. The van der Waals surface area contributed by atoms with Crippen molar-refractivity contribution in [3.05, 3.63) is 52.3 Å². The Morgan fingerprint density at radius 3 is 2.67 bits per heavy atom. The van der Waals surface area contributed by atoms with E-state index in [-0.39, 0.29) is 0 Å². The fraction of sp³-hybridized carbons (Fsp3) is 0.471. The van der Waals surface area contributed by atoms with Crippen LogP contribution in [0.3, 0.4) is 0 Å². The summed E-state index contributed by atoms with van der Waals surface area (Å²) in [5.41, 5.74) is 2.38. The first-order valence-electron chi connectivity index (χ1n) is 7.66. The van der Waals surface area contributed by atoms with Crippen molar-refractivity contribution >= 4 is 15.9 Å². The van der Waals surface area contributed by atoms with Crippen molar-refractivity contribution in [3.8, 4) is 0 Å². The Labute approximate surface area is 135 Å². The fourth-order valence-corrected chi connectivity index (χ4v) is 2.91. The second-order valence-corrected chi connectivity index (χ2v) is 6.33. The average molecular weight is 350 g/mol. The lowest BCUT2D eigenvalue weighted by Gasteiger charge is -2.14. The molecular formula is C17H24BrN3.